The molecule has 222 valence electrons. The monoisotopic (exact) mass is 590 g/mol. The van der Waals surface area contributed by atoms with Crippen molar-refractivity contribution < 1.29 is 23.8 Å². The number of benzene rings is 4. The van der Waals surface area contributed by atoms with Crippen LogP contribution in [0.1, 0.15) is 33.2 Å². The van der Waals surface area contributed by atoms with E-state index in [0.29, 0.717) is 49.6 Å². The first kappa shape index (κ1) is 27.5. The number of carbonyl (C=O) groups is 2. The average Bonchev–Trinajstić information content (AvgIpc) is 3.62. The van der Waals surface area contributed by atoms with E-state index in [0.717, 1.165) is 39.0 Å². The lowest BCUT2D eigenvalue weighted by Gasteiger charge is -2.34. The molecule has 1 atom stereocenters. The largest absolute Gasteiger partial charge is 0.496 e. The van der Waals surface area contributed by atoms with Crippen molar-refractivity contribution >= 4 is 28.6 Å². The van der Waals surface area contributed by atoms with E-state index >= 15 is 0 Å². The third kappa shape index (κ3) is 4.90. The Balaban J connectivity index is 1.19. The van der Waals surface area contributed by atoms with E-state index in [1.807, 2.05) is 72.8 Å². The lowest BCUT2D eigenvalue weighted by atomic mass is 9.99. The molecule has 8 nitrogen and oxygen atoms in total. The van der Waals surface area contributed by atoms with Crippen LogP contribution in [0, 0.1) is 5.82 Å². The smallest absolute Gasteiger partial charge is 0.407 e. The SMILES string of the molecule is COc1ccc(F)cc1[C@H](c1cc2ccccc2[nH]1)N1Cc2ccc(-c3ccc(N4CCN(C(=O)O)CC4)cc3)cc2C1=O. The number of hydrogen-bond donors (Lipinski definition) is 2. The number of anilines is 1. The van der Waals surface area contributed by atoms with Crippen LogP contribution in [-0.2, 0) is 6.54 Å². The summed E-state index contributed by atoms with van der Waals surface area (Å²) < 4.78 is 20.3. The quantitative estimate of drug-likeness (QED) is 0.235. The zero-order chi connectivity index (χ0) is 30.4. The Labute approximate surface area is 253 Å². The van der Waals surface area contributed by atoms with Crippen LogP contribution in [0.4, 0.5) is 14.9 Å². The van der Waals surface area contributed by atoms with Crippen LogP contribution >= 0.6 is 0 Å². The number of para-hydroxylation sites is 1. The highest BCUT2D eigenvalue weighted by atomic mass is 19.1. The van der Waals surface area contributed by atoms with Crippen molar-refractivity contribution in [3.63, 3.8) is 0 Å². The molecule has 9 heteroatoms. The number of nitrogens with zero attached hydrogens (tertiary/aromatic N) is 3. The number of hydrogen-bond acceptors (Lipinski definition) is 4. The maximum atomic E-state index is 14.7. The summed E-state index contributed by atoms with van der Waals surface area (Å²) in [6.07, 6.45) is -0.882. The van der Waals surface area contributed by atoms with Gasteiger partial charge in [-0.05, 0) is 70.6 Å². The van der Waals surface area contributed by atoms with Gasteiger partial charge in [0.05, 0.1) is 7.11 Å². The molecule has 0 unspecified atom stereocenters. The minimum atomic E-state index is -0.882. The number of piperazine rings is 1. The lowest BCUT2D eigenvalue weighted by molar-refractivity contribution is 0.0726. The third-order valence-corrected chi connectivity index (χ3v) is 8.70. The van der Waals surface area contributed by atoms with Crippen LogP contribution in [0.5, 0.6) is 5.75 Å². The van der Waals surface area contributed by atoms with Crippen LogP contribution in [-0.4, -0.2) is 65.2 Å². The van der Waals surface area contributed by atoms with Gasteiger partial charge < -0.3 is 29.5 Å². The Kier molecular flexibility index (Phi) is 6.93. The Morgan fingerprint density at radius 2 is 1.66 bits per heavy atom. The van der Waals surface area contributed by atoms with E-state index in [4.69, 9.17) is 4.74 Å². The molecule has 2 aliphatic rings. The van der Waals surface area contributed by atoms with E-state index in [1.54, 1.807) is 18.1 Å². The van der Waals surface area contributed by atoms with Gasteiger partial charge in [0.15, 0.2) is 0 Å². The van der Waals surface area contributed by atoms with Crippen molar-refractivity contribution in [2.75, 3.05) is 38.2 Å². The van der Waals surface area contributed by atoms with Crippen molar-refractivity contribution in [3.05, 3.63) is 119 Å². The minimum Gasteiger partial charge on any atom is -0.496 e. The number of rotatable bonds is 6. The third-order valence-electron chi connectivity index (χ3n) is 8.70. The van der Waals surface area contributed by atoms with Gasteiger partial charge in [0.25, 0.3) is 5.91 Å². The molecule has 44 heavy (non-hydrogen) atoms. The summed E-state index contributed by atoms with van der Waals surface area (Å²) in [6.45, 7) is 2.60. The number of methoxy groups -OCH3 is 1. The molecular weight excluding hydrogens is 559 g/mol. The maximum Gasteiger partial charge on any atom is 0.407 e. The summed E-state index contributed by atoms with van der Waals surface area (Å²) in [5, 5.41) is 10.2. The molecule has 0 bridgehead atoms. The van der Waals surface area contributed by atoms with Crippen LogP contribution in [0.15, 0.2) is 91.0 Å². The summed E-state index contributed by atoms with van der Waals surface area (Å²) >= 11 is 0. The highest BCUT2D eigenvalue weighted by molar-refractivity contribution is 6.00. The molecule has 1 saturated heterocycles. The fourth-order valence-electron chi connectivity index (χ4n) is 6.40. The molecule has 2 aliphatic heterocycles. The lowest BCUT2D eigenvalue weighted by Crippen LogP contribution is -2.48. The van der Waals surface area contributed by atoms with Crippen LogP contribution in [0.3, 0.4) is 0 Å². The van der Waals surface area contributed by atoms with Crippen LogP contribution in [0.25, 0.3) is 22.0 Å². The summed E-state index contributed by atoms with van der Waals surface area (Å²) in [5.41, 5.74) is 6.74. The Hall–Kier alpha value is -5.31. The summed E-state index contributed by atoms with van der Waals surface area (Å²) in [5.74, 6) is -0.0331. The number of amides is 2. The number of ether oxygens (including phenoxy) is 1. The molecule has 2 N–H and O–H groups in total. The first-order valence-corrected chi connectivity index (χ1v) is 14.6. The molecule has 1 aromatic heterocycles. The maximum absolute atomic E-state index is 14.7. The standard InChI is InChI=1S/C35H31FN4O4/c1-44-32-13-10-26(36)20-29(32)33(31-19-24-4-2-3-5-30(24)37-31)40-21-25-7-6-23(18-28(25)34(40)41)22-8-11-27(12-9-22)38-14-16-39(17-15-38)35(42)43/h2-13,18-20,33,37H,14-17,21H2,1H3,(H,42,43)/t33-/m1/s1. The predicted octanol–water partition coefficient (Wildman–Crippen LogP) is 6.53. The molecule has 0 radical (unpaired) electrons. The van der Waals surface area contributed by atoms with E-state index in [1.165, 1.54) is 17.0 Å². The number of halogens is 1. The molecule has 0 aliphatic carbocycles. The topological polar surface area (TPSA) is 89.1 Å². The minimum absolute atomic E-state index is 0.134. The molecule has 5 aromatic rings. The summed E-state index contributed by atoms with van der Waals surface area (Å²) in [4.78, 5) is 34.2. The van der Waals surface area contributed by atoms with E-state index in [-0.39, 0.29) is 5.91 Å². The zero-order valence-electron chi connectivity index (χ0n) is 24.2. The van der Waals surface area contributed by atoms with Crippen molar-refractivity contribution in [2.24, 2.45) is 0 Å². The summed E-state index contributed by atoms with van der Waals surface area (Å²) in [7, 11) is 1.55. The summed E-state index contributed by atoms with van der Waals surface area (Å²) in [6, 6.07) is 27.8. The number of aromatic nitrogens is 1. The highest BCUT2D eigenvalue weighted by Crippen LogP contribution is 2.41. The van der Waals surface area contributed by atoms with E-state index < -0.39 is 18.0 Å². The number of aromatic amines is 1. The van der Waals surface area contributed by atoms with Crippen molar-refractivity contribution in [3.8, 4) is 16.9 Å². The number of carboxylic acid groups (broad SMARTS) is 1. The zero-order valence-corrected chi connectivity index (χ0v) is 24.2. The van der Waals surface area contributed by atoms with Gasteiger partial charge in [0.2, 0.25) is 0 Å². The van der Waals surface area contributed by atoms with Gasteiger partial charge in [-0.25, -0.2) is 9.18 Å². The molecule has 4 aromatic carbocycles. The van der Waals surface area contributed by atoms with Crippen molar-refractivity contribution in [1.82, 2.24) is 14.8 Å². The molecule has 0 saturated carbocycles. The molecule has 7 rings (SSSR count). The fourth-order valence-corrected chi connectivity index (χ4v) is 6.40. The van der Waals surface area contributed by atoms with E-state index in [9.17, 15) is 19.1 Å². The van der Waals surface area contributed by atoms with Gasteiger partial charge in [-0.15, -0.1) is 0 Å². The molecule has 2 amide bonds. The molecule has 3 heterocycles. The average molecular weight is 591 g/mol. The molecule has 1 fully saturated rings. The van der Waals surface area contributed by atoms with Gasteiger partial charge >= 0.3 is 6.09 Å². The number of carbonyl (C=O) groups excluding carboxylic acids is 1. The fraction of sp³-hybridized carbons (Fsp3) is 0.200. The van der Waals surface area contributed by atoms with Crippen molar-refractivity contribution in [2.45, 2.75) is 12.6 Å². The van der Waals surface area contributed by atoms with E-state index in [2.05, 4.69) is 9.88 Å². The number of H-pyrrole nitrogens is 1. The second-order valence-electron chi connectivity index (χ2n) is 11.2. The highest BCUT2D eigenvalue weighted by Gasteiger charge is 2.37. The van der Waals surface area contributed by atoms with Gasteiger partial charge in [-0.3, -0.25) is 4.79 Å². The Morgan fingerprint density at radius 3 is 2.39 bits per heavy atom. The number of fused-ring (bicyclic) bond motifs is 2. The van der Waals surface area contributed by atoms with Crippen LogP contribution < -0.4 is 9.64 Å². The predicted molar refractivity (Wildman–Crippen MR) is 167 cm³/mol. The molecular formula is C35H31FN4O4. The van der Waals surface area contributed by atoms with Gasteiger partial charge in [-0.2, -0.15) is 0 Å². The van der Waals surface area contributed by atoms with Crippen LogP contribution in [0.2, 0.25) is 0 Å². The first-order chi connectivity index (χ1) is 21.4. The Morgan fingerprint density at radius 1 is 0.909 bits per heavy atom. The first-order valence-electron chi connectivity index (χ1n) is 14.6. The second-order valence-corrected chi connectivity index (χ2v) is 11.2. The molecule has 0 spiro atoms. The number of nitrogens with one attached hydrogen (secondary N) is 1. The normalized spacial score (nSPS) is 15.5. The van der Waals surface area contributed by atoms with Crippen molar-refractivity contribution in [1.29, 1.82) is 0 Å². The van der Waals surface area contributed by atoms with Gasteiger partial charge in [0, 0.05) is 60.7 Å². The Bertz CT molecular complexity index is 1850. The second kappa shape index (κ2) is 11.1. The van der Waals surface area contributed by atoms with Gasteiger partial charge in [0.1, 0.15) is 17.6 Å². The van der Waals surface area contributed by atoms with Gasteiger partial charge in [-0.1, -0.05) is 42.5 Å².